The van der Waals surface area contributed by atoms with Gasteiger partial charge < -0.3 is 5.73 Å². The monoisotopic (exact) mass is 416 g/mol. The van der Waals surface area contributed by atoms with Crippen molar-refractivity contribution in [3.8, 4) is 16.9 Å². The molecule has 0 radical (unpaired) electrons. The van der Waals surface area contributed by atoms with E-state index in [2.05, 4.69) is 15.1 Å². The molecule has 3 heterocycles. The molecule has 3 aromatic rings. The Hall–Kier alpha value is -3.34. The highest BCUT2D eigenvalue weighted by molar-refractivity contribution is 7.90. The van der Waals surface area contributed by atoms with Crippen LogP contribution in [0.2, 0.25) is 0 Å². The minimum atomic E-state index is -3.03. The van der Waals surface area contributed by atoms with Crippen LogP contribution >= 0.6 is 0 Å². The second-order valence-corrected chi connectivity index (χ2v) is 9.05. The first-order valence-corrected chi connectivity index (χ1v) is 10.8. The van der Waals surface area contributed by atoms with Gasteiger partial charge in [-0.15, -0.1) is 0 Å². The molecule has 0 saturated carbocycles. The number of sulfone groups is 1. The molecule has 152 valence electrons. The summed E-state index contributed by atoms with van der Waals surface area (Å²) in [5.74, 6) is 0.470. The van der Waals surface area contributed by atoms with Gasteiger partial charge in [0.1, 0.15) is 9.84 Å². The van der Waals surface area contributed by atoms with Crippen LogP contribution in [-0.2, 0) is 9.84 Å². The van der Waals surface area contributed by atoms with Crippen LogP contribution < -0.4 is 5.73 Å². The van der Waals surface area contributed by atoms with E-state index in [0.29, 0.717) is 23.4 Å². The highest BCUT2D eigenvalue weighted by atomic mass is 32.2. The number of hydrogen-bond acceptors (Lipinski definition) is 8. The molecule has 1 atom stereocenters. The van der Waals surface area contributed by atoms with Crippen LogP contribution in [0.25, 0.3) is 16.9 Å². The number of nitro groups is 1. The molecule has 10 nitrogen and oxygen atoms in total. The zero-order chi connectivity index (χ0) is 21.2. The Morgan fingerprint density at radius 2 is 2.00 bits per heavy atom. The van der Waals surface area contributed by atoms with Crippen molar-refractivity contribution in [1.82, 2.24) is 19.7 Å². The molecule has 1 unspecified atom stereocenters. The normalized spacial score (nSPS) is 12.6. The molecule has 0 bridgehead atoms. The standard InChI is InChI=1S/C18H20N6O4S/c1-12(5-8-29(2,27)28)13-3-6-20-16(9-13)23-11-14(10-22-23)15-4-7-21-18(19)17(15)24(25)26/h3-4,6-7,9-12H,5,8H2,1-2H3,(H2,19,21). The lowest BCUT2D eigenvalue weighted by molar-refractivity contribution is -0.383. The number of rotatable bonds is 7. The van der Waals surface area contributed by atoms with Crippen LogP contribution in [0, 0.1) is 10.1 Å². The average molecular weight is 416 g/mol. The van der Waals surface area contributed by atoms with Crippen molar-refractivity contribution in [1.29, 1.82) is 0 Å². The lowest BCUT2D eigenvalue weighted by Crippen LogP contribution is -2.07. The van der Waals surface area contributed by atoms with Crippen molar-refractivity contribution in [3.63, 3.8) is 0 Å². The molecule has 0 aliphatic heterocycles. The Bertz CT molecular complexity index is 1160. The first kappa shape index (κ1) is 20.4. The lowest BCUT2D eigenvalue weighted by atomic mass is 10.00. The van der Waals surface area contributed by atoms with Crippen molar-refractivity contribution in [3.05, 3.63) is 58.7 Å². The topological polar surface area (TPSA) is 147 Å². The van der Waals surface area contributed by atoms with Gasteiger partial charge in [-0.05, 0) is 36.1 Å². The van der Waals surface area contributed by atoms with Crippen molar-refractivity contribution >= 4 is 21.3 Å². The summed E-state index contributed by atoms with van der Waals surface area (Å²) in [5, 5.41) is 15.6. The first-order chi connectivity index (χ1) is 13.7. The van der Waals surface area contributed by atoms with E-state index in [0.717, 1.165) is 5.56 Å². The van der Waals surface area contributed by atoms with E-state index in [-0.39, 0.29) is 23.2 Å². The highest BCUT2D eigenvalue weighted by Gasteiger charge is 2.21. The van der Waals surface area contributed by atoms with E-state index in [1.165, 1.54) is 29.4 Å². The summed E-state index contributed by atoms with van der Waals surface area (Å²) in [7, 11) is -3.03. The summed E-state index contributed by atoms with van der Waals surface area (Å²) >= 11 is 0. The average Bonchev–Trinajstić information content (AvgIpc) is 3.15. The Morgan fingerprint density at radius 3 is 2.69 bits per heavy atom. The van der Waals surface area contributed by atoms with Crippen LogP contribution in [-0.4, -0.2) is 45.1 Å². The van der Waals surface area contributed by atoms with Gasteiger partial charge in [-0.25, -0.2) is 23.1 Å². The van der Waals surface area contributed by atoms with Crippen LogP contribution in [0.15, 0.2) is 43.0 Å². The Labute approximate surface area is 167 Å². The lowest BCUT2D eigenvalue weighted by Gasteiger charge is -2.12. The zero-order valence-electron chi connectivity index (χ0n) is 15.9. The van der Waals surface area contributed by atoms with Crippen molar-refractivity contribution in [2.45, 2.75) is 19.3 Å². The fourth-order valence-corrected chi connectivity index (χ4v) is 3.69. The molecule has 3 aromatic heterocycles. The number of hydrogen-bond donors (Lipinski definition) is 1. The molecule has 3 rings (SSSR count). The zero-order valence-corrected chi connectivity index (χ0v) is 16.7. The number of nitrogen functional groups attached to an aromatic ring is 1. The molecule has 0 spiro atoms. The molecule has 0 amide bonds. The summed E-state index contributed by atoms with van der Waals surface area (Å²) < 4.78 is 24.3. The number of nitrogens with zero attached hydrogens (tertiary/aromatic N) is 5. The minimum absolute atomic E-state index is 0.0163. The third-order valence-corrected chi connectivity index (χ3v) is 5.50. The number of aromatic nitrogens is 4. The van der Waals surface area contributed by atoms with Crippen LogP contribution in [0.1, 0.15) is 24.8 Å². The summed E-state index contributed by atoms with van der Waals surface area (Å²) in [6.45, 7) is 1.95. The minimum Gasteiger partial charge on any atom is -0.378 e. The molecule has 0 aliphatic rings. The van der Waals surface area contributed by atoms with Gasteiger partial charge in [0.05, 0.1) is 22.4 Å². The maximum atomic E-state index is 11.4. The van der Waals surface area contributed by atoms with Crippen molar-refractivity contribution in [2.75, 3.05) is 17.7 Å². The Kier molecular flexibility index (Phi) is 5.59. The number of nitrogens with two attached hydrogens (primary N) is 1. The molecule has 11 heteroatoms. The Morgan fingerprint density at radius 1 is 1.28 bits per heavy atom. The Balaban J connectivity index is 1.90. The van der Waals surface area contributed by atoms with Crippen molar-refractivity contribution in [2.24, 2.45) is 0 Å². The summed E-state index contributed by atoms with van der Waals surface area (Å²) in [6, 6.07) is 5.15. The molecule has 0 aliphatic carbocycles. The molecule has 29 heavy (non-hydrogen) atoms. The second kappa shape index (κ2) is 7.95. The van der Waals surface area contributed by atoms with Gasteiger partial charge in [0, 0.05) is 30.4 Å². The summed E-state index contributed by atoms with van der Waals surface area (Å²) in [6.07, 6.45) is 7.84. The summed E-state index contributed by atoms with van der Waals surface area (Å²) in [5.41, 5.74) is 7.12. The third-order valence-electron chi connectivity index (χ3n) is 4.52. The van der Waals surface area contributed by atoms with Crippen molar-refractivity contribution < 1.29 is 13.3 Å². The van der Waals surface area contributed by atoms with Gasteiger partial charge in [0.2, 0.25) is 5.82 Å². The van der Waals surface area contributed by atoms with E-state index >= 15 is 0 Å². The first-order valence-electron chi connectivity index (χ1n) is 8.73. The van der Waals surface area contributed by atoms with Gasteiger partial charge >= 0.3 is 5.69 Å². The van der Waals surface area contributed by atoms with Crippen LogP contribution in [0.5, 0.6) is 0 Å². The van der Waals surface area contributed by atoms with Crippen LogP contribution in [0.3, 0.4) is 0 Å². The molecule has 0 saturated heterocycles. The third kappa shape index (κ3) is 4.74. The van der Waals surface area contributed by atoms with Crippen LogP contribution in [0.4, 0.5) is 11.5 Å². The van der Waals surface area contributed by atoms with Gasteiger partial charge in [0.25, 0.3) is 0 Å². The van der Waals surface area contributed by atoms with E-state index in [1.807, 2.05) is 19.1 Å². The van der Waals surface area contributed by atoms with E-state index in [1.54, 1.807) is 12.4 Å². The fraction of sp³-hybridized carbons (Fsp3) is 0.278. The van der Waals surface area contributed by atoms with Gasteiger partial charge in [-0.2, -0.15) is 5.10 Å². The number of anilines is 1. The highest BCUT2D eigenvalue weighted by Crippen LogP contribution is 2.33. The largest absolute Gasteiger partial charge is 0.378 e. The molecule has 0 fully saturated rings. The number of pyridine rings is 2. The van der Waals surface area contributed by atoms with Gasteiger partial charge in [0.15, 0.2) is 5.82 Å². The predicted molar refractivity (Wildman–Crippen MR) is 108 cm³/mol. The molecule has 0 aromatic carbocycles. The van der Waals surface area contributed by atoms with Gasteiger partial charge in [-0.3, -0.25) is 10.1 Å². The molecule has 2 N–H and O–H groups in total. The maximum Gasteiger partial charge on any atom is 0.319 e. The van der Waals surface area contributed by atoms with E-state index < -0.39 is 14.8 Å². The predicted octanol–water partition coefficient (Wildman–Crippen LogP) is 2.36. The maximum absolute atomic E-state index is 11.4. The molecular weight excluding hydrogens is 396 g/mol. The molecular formula is C18H20N6O4S. The smallest absolute Gasteiger partial charge is 0.319 e. The van der Waals surface area contributed by atoms with E-state index in [9.17, 15) is 18.5 Å². The SMILES string of the molecule is CC(CCS(C)(=O)=O)c1ccnc(-n2cc(-c3ccnc(N)c3[N+](=O)[O-])cn2)c1. The summed E-state index contributed by atoms with van der Waals surface area (Å²) in [4.78, 5) is 18.8. The fourth-order valence-electron chi connectivity index (χ4n) is 2.91. The quantitative estimate of drug-likeness (QED) is 0.456. The van der Waals surface area contributed by atoms with Gasteiger partial charge in [-0.1, -0.05) is 6.92 Å². The van der Waals surface area contributed by atoms with E-state index in [4.69, 9.17) is 5.73 Å². The second-order valence-electron chi connectivity index (χ2n) is 6.79.